The first kappa shape index (κ1) is 22.3. The van der Waals surface area contributed by atoms with Crippen molar-refractivity contribution in [2.45, 2.75) is 51.6 Å². The van der Waals surface area contributed by atoms with E-state index in [0.29, 0.717) is 12.6 Å². The lowest BCUT2D eigenvalue weighted by Crippen LogP contribution is -2.50. The SMILES string of the molecule is CCOC(=O)N1CCC(NC(=NC)NCCN(CC)C2CC2)CC1.I. The molecule has 8 heteroatoms. The lowest BCUT2D eigenvalue weighted by atomic mass is 10.1. The second kappa shape index (κ2) is 11.8. The predicted molar refractivity (Wildman–Crippen MR) is 112 cm³/mol. The molecule has 2 rings (SSSR count). The van der Waals surface area contributed by atoms with Crippen LogP contribution in [0.5, 0.6) is 0 Å². The molecule has 2 fully saturated rings. The van der Waals surface area contributed by atoms with Crippen LogP contribution in [-0.2, 0) is 4.74 Å². The molecule has 0 aromatic rings. The molecule has 146 valence electrons. The van der Waals surface area contributed by atoms with E-state index in [1.807, 2.05) is 14.0 Å². The van der Waals surface area contributed by atoms with Crippen molar-refractivity contribution in [1.29, 1.82) is 0 Å². The van der Waals surface area contributed by atoms with Crippen LogP contribution in [0.4, 0.5) is 4.79 Å². The molecule has 1 saturated carbocycles. The lowest BCUT2D eigenvalue weighted by Gasteiger charge is -2.32. The van der Waals surface area contributed by atoms with E-state index >= 15 is 0 Å². The molecule has 0 unspecified atom stereocenters. The Morgan fingerprint density at radius 3 is 2.44 bits per heavy atom. The summed E-state index contributed by atoms with van der Waals surface area (Å²) in [6.07, 6.45) is 4.34. The summed E-state index contributed by atoms with van der Waals surface area (Å²) in [6, 6.07) is 1.16. The molecule has 25 heavy (non-hydrogen) atoms. The van der Waals surface area contributed by atoms with E-state index in [1.54, 1.807) is 4.90 Å². The van der Waals surface area contributed by atoms with Crippen molar-refractivity contribution < 1.29 is 9.53 Å². The van der Waals surface area contributed by atoms with Gasteiger partial charge in [0, 0.05) is 45.3 Å². The molecule has 1 saturated heterocycles. The van der Waals surface area contributed by atoms with Crippen molar-refractivity contribution >= 4 is 36.0 Å². The summed E-state index contributed by atoms with van der Waals surface area (Å²) in [7, 11) is 1.81. The van der Waals surface area contributed by atoms with Gasteiger partial charge in [-0.2, -0.15) is 0 Å². The number of likely N-dealkylation sites (tertiary alicyclic amines) is 1. The maximum atomic E-state index is 11.7. The second-order valence-corrected chi connectivity index (χ2v) is 6.46. The average molecular weight is 467 g/mol. The van der Waals surface area contributed by atoms with Crippen LogP contribution in [0.25, 0.3) is 0 Å². The van der Waals surface area contributed by atoms with Crippen LogP contribution in [0.3, 0.4) is 0 Å². The van der Waals surface area contributed by atoms with Gasteiger partial charge in [-0.25, -0.2) is 4.79 Å². The van der Waals surface area contributed by atoms with Crippen molar-refractivity contribution in [2.24, 2.45) is 4.99 Å². The number of nitrogens with zero attached hydrogens (tertiary/aromatic N) is 3. The first-order chi connectivity index (χ1) is 11.7. The second-order valence-electron chi connectivity index (χ2n) is 6.46. The molecular weight excluding hydrogens is 433 g/mol. The predicted octanol–water partition coefficient (Wildman–Crippen LogP) is 1.87. The summed E-state index contributed by atoms with van der Waals surface area (Å²) in [5.41, 5.74) is 0. The van der Waals surface area contributed by atoms with Gasteiger partial charge in [-0.05, 0) is 39.2 Å². The Labute approximate surface area is 169 Å². The van der Waals surface area contributed by atoms with E-state index < -0.39 is 0 Å². The van der Waals surface area contributed by atoms with Gasteiger partial charge in [-0.1, -0.05) is 6.92 Å². The van der Waals surface area contributed by atoms with Gasteiger partial charge in [0.2, 0.25) is 0 Å². The number of amides is 1. The van der Waals surface area contributed by atoms with Crippen LogP contribution in [-0.4, -0.2) is 80.3 Å². The third-order valence-corrected chi connectivity index (χ3v) is 4.75. The van der Waals surface area contributed by atoms with E-state index in [1.165, 1.54) is 12.8 Å². The number of rotatable bonds is 7. The van der Waals surface area contributed by atoms with Crippen molar-refractivity contribution in [2.75, 3.05) is 46.4 Å². The highest BCUT2D eigenvalue weighted by Crippen LogP contribution is 2.25. The van der Waals surface area contributed by atoms with Crippen LogP contribution in [0.1, 0.15) is 39.5 Å². The van der Waals surface area contributed by atoms with Gasteiger partial charge < -0.3 is 20.3 Å². The van der Waals surface area contributed by atoms with E-state index in [4.69, 9.17) is 4.74 Å². The monoisotopic (exact) mass is 467 g/mol. The summed E-state index contributed by atoms with van der Waals surface area (Å²) < 4.78 is 5.06. The highest BCUT2D eigenvalue weighted by molar-refractivity contribution is 14.0. The number of carbonyl (C=O) groups is 1. The Kier molecular flexibility index (Phi) is 10.5. The van der Waals surface area contributed by atoms with Gasteiger partial charge in [-0.15, -0.1) is 24.0 Å². The first-order valence-corrected chi connectivity index (χ1v) is 9.30. The zero-order valence-electron chi connectivity index (χ0n) is 15.8. The molecule has 1 aliphatic carbocycles. The largest absolute Gasteiger partial charge is 0.450 e. The Morgan fingerprint density at radius 1 is 1.24 bits per heavy atom. The molecule has 0 spiro atoms. The Morgan fingerprint density at radius 2 is 1.92 bits per heavy atom. The molecule has 1 aliphatic heterocycles. The maximum absolute atomic E-state index is 11.7. The zero-order valence-corrected chi connectivity index (χ0v) is 18.1. The topological polar surface area (TPSA) is 69.2 Å². The molecule has 2 aliphatic rings. The van der Waals surface area contributed by atoms with E-state index in [-0.39, 0.29) is 30.1 Å². The lowest BCUT2D eigenvalue weighted by molar-refractivity contribution is 0.0963. The zero-order chi connectivity index (χ0) is 17.4. The minimum Gasteiger partial charge on any atom is -0.450 e. The van der Waals surface area contributed by atoms with Crippen LogP contribution in [0.15, 0.2) is 4.99 Å². The quantitative estimate of drug-likeness (QED) is 0.340. The van der Waals surface area contributed by atoms with E-state index in [2.05, 4.69) is 27.4 Å². The summed E-state index contributed by atoms with van der Waals surface area (Å²) >= 11 is 0. The molecule has 0 radical (unpaired) electrons. The molecule has 7 nitrogen and oxygen atoms in total. The smallest absolute Gasteiger partial charge is 0.409 e. The Hall–Kier alpha value is -0.770. The third kappa shape index (κ3) is 7.55. The number of halogens is 1. The van der Waals surface area contributed by atoms with Crippen LogP contribution in [0, 0.1) is 0 Å². The fourth-order valence-electron chi connectivity index (χ4n) is 3.17. The number of carbonyl (C=O) groups excluding carboxylic acids is 1. The van der Waals surface area contributed by atoms with Gasteiger partial charge in [0.25, 0.3) is 0 Å². The van der Waals surface area contributed by atoms with Crippen molar-refractivity contribution in [3.63, 3.8) is 0 Å². The highest BCUT2D eigenvalue weighted by Gasteiger charge is 2.27. The number of guanidine groups is 1. The minimum absolute atomic E-state index is 0. The first-order valence-electron chi connectivity index (χ1n) is 9.30. The van der Waals surface area contributed by atoms with Crippen molar-refractivity contribution in [3.05, 3.63) is 0 Å². The van der Waals surface area contributed by atoms with Crippen LogP contribution < -0.4 is 10.6 Å². The van der Waals surface area contributed by atoms with E-state index in [9.17, 15) is 4.79 Å². The standard InChI is InChI=1S/C17H33N5O2.HI/c1-4-21(15-6-7-15)13-10-19-16(18-3)20-14-8-11-22(12-9-14)17(23)24-5-2;/h14-15H,4-13H2,1-3H3,(H2,18,19,20);1H. The number of hydrogen-bond acceptors (Lipinski definition) is 4. The van der Waals surface area contributed by atoms with Crippen LogP contribution >= 0.6 is 24.0 Å². The van der Waals surface area contributed by atoms with Crippen LogP contribution in [0.2, 0.25) is 0 Å². The third-order valence-electron chi connectivity index (χ3n) is 4.75. The molecule has 0 atom stereocenters. The molecular formula is C17H34IN5O2. The summed E-state index contributed by atoms with van der Waals surface area (Å²) in [5.74, 6) is 0.858. The van der Waals surface area contributed by atoms with E-state index in [0.717, 1.165) is 57.6 Å². The molecule has 2 N–H and O–H groups in total. The average Bonchev–Trinajstić information content (AvgIpc) is 3.43. The normalized spacial score (nSPS) is 18.7. The van der Waals surface area contributed by atoms with Crippen molar-refractivity contribution in [3.8, 4) is 0 Å². The maximum Gasteiger partial charge on any atom is 0.409 e. The molecule has 0 bridgehead atoms. The fraction of sp³-hybridized carbons (Fsp3) is 0.882. The van der Waals surface area contributed by atoms with Gasteiger partial charge >= 0.3 is 6.09 Å². The molecule has 0 aromatic carbocycles. The number of ether oxygens (including phenoxy) is 1. The highest BCUT2D eigenvalue weighted by atomic mass is 127. The number of hydrogen-bond donors (Lipinski definition) is 2. The van der Waals surface area contributed by atoms with Gasteiger partial charge in [0.05, 0.1) is 6.61 Å². The minimum atomic E-state index is -0.196. The molecule has 1 heterocycles. The summed E-state index contributed by atoms with van der Waals surface area (Å²) in [5, 5.41) is 6.89. The summed E-state index contributed by atoms with van der Waals surface area (Å²) in [4.78, 5) is 20.3. The Balaban J connectivity index is 0.00000312. The summed E-state index contributed by atoms with van der Waals surface area (Å²) in [6.45, 7) is 9.05. The molecule has 1 amide bonds. The Bertz CT molecular complexity index is 423. The van der Waals surface area contributed by atoms with Gasteiger partial charge in [0.15, 0.2) is 5.96 Å². The van der Waals surface area contributed by atoms with Gasteiger partial charge in [-0.3, -0.25) is 9.89 Å². The molecule has 0 aromatic heterocycles. The number of aliphatic imine (C=N–C) groups is 1. The number of nitrogens with one attached hydrogen (secondary N) is 2. The number of likely N-dealkylation sites (N-methyl/N-ethyl adjacent to an activating group) is 1. The fourth-order valence-corrected chi connectivity index (χ4v) is 3.17. The number of piperidine rings is 1. The van der Waals surface area contributed by atoms with Crippen molar-refractivity contribution in [1.82, 2.24) is 20.4 Å². The van der Waals surface area contributed by atoms with Gasteiger partial charge in [0.1, 0.15) is 0 Å².